The molecule has 0 fully saturated rings. The van der Waals surface area contributed by atoms with Crippen LogP contribution in [-0.4, -0.2) is 15.0 Å². The van der Waals surface area contributed by atoms with Crippen LogP contribution >= 0.6 is 11.3 Å². The third kappa shape index (κ3) is 6.50. The highest BCUT2D eigenvalue weighted by Crippen LogP contribution is 2.38. The van der Waals surface area contributed by atoms with Crippen molar-refractivity contribution in [2.24, 2.45) is 0 Å². The molecule has 10 aromatic rings. The van der Waals surface area contributed by atoms with Gasteiger partial charge in [0.1, 0.15) is 0 Å². The molecule has 2 heterocycles. The summed E-state index contributed by atoms with van der Waals surface area (Å²) in [5.74, 6) is 1.88. The predicted octanol–water partition coefficient (Wildman–Crippen LogP) is 13.9. The van der Waals surface area contributed by atoms with Gasteiger partial charge in [0.15, 0.2) is 17.5 Å². The van der Waals surface area contributed by atoms with Gasteiger partial charge in [-0.1, -0.05) is 164 Å². The molecule has 0 saturated carbocycles. The van der Waals surface area contributed by atoms with Crippen LogP contribution < -0.4 is 0 Å². The maximum Gasteiger partial charge on any atom is 0.164 e. The number of hydrogen-bond acceptors (Lipinski definition) is 4. The minimum absolute atomic E-state index is 0.624. The van der Waals surface area contributed by atoms with E-state index >= 15 is 0 Å². The van der Waals surface area contributed by atoms with Gasteiger partial charge in [-0.15, -0.1) is 11.3 Å². The lowest BCUT2D eigenvalue weighted by molar-refractivity contribution is 1.07. The summed E-state index contributed by atoms with van der Waals surface area (Å²) in [6.07, 6.45) is 0. The van der Waals surface area contributed by atoms with Crippen molar-refractivity contribution >= 4 is 31.5 Å². The largest absolute Gasteiger partial charge is 0.208 e. The van der Waals surface area contributed by atoms with Gasteiger partial charge in [-0.3, -0.25) is 0 Å². The molecule has 0 unspecified atom stereocenters. The van der Waals surface area contributed by atoms with Gasteiger partial charge in [0.2, 0.25) is 0 Å². The number of benzene rings is 8. The number of rotatable bonds is 7. The Morgan fingerprint density at radius 2 is 0.636 bits per heavy atom. The molecule has 0 N–H and O–H groups in total. The monoisotopic (exact) mass is 719 g/mol. The van der Waals surface area contributed by atoms with Crippen molar-refractivity contribution in [2.45, 2.75) is 0 Å². The van der Waals surface area contributed by atoms with Crippen molar-refractivity contribution in [3.63, 3.8) is 0 Å². The van der Waals surface area contributed by atoms with Crippen LogP contribution in [0, 0.1) is 0 Å². The van der Waals surface area contributed by atoms with E-state index in [4.69, 9.17) is 15.0 Å². The van der Waals surface area contributed by atoms with Crippen LogP contribution in [0.3, 0.4) is 0 Å². The van der Waals surface area contributed by atoms with E-state index in [0.717, 1.165) is 55.6 Å². The molecule has 0 aliphatic rings. The zero-order chi connectivity index (χ0) is 36.6. The molecule has 3 nitrogen and oxygen atoms in total. The Morgan fingerprint density at radius 3 is 1.29 bits per heavy atom. The SMILES string of the molecule is c1ccc(-c2ccc(-c3nc(-c4cccc(-c5ccc6c(c5)sc5ccccc56)c4)nc(-c4cc(-c5ccccc5)cc(-c5ccccc5)c4)n3)cc2)cc1. The molecular weight excluding hydrogens is 687 g/mol. The van der Waals surface area contributed by atoms with Gasteiger partial charge in [0, 0.05) is 36.9 Å². The van der Waals surface area contributed by atoms with Gasteiger partial charge in [-0.25, -0.2) is 15.0 Å². The average molecular weight is 720 g/mol. The zero-order valence-corrected chi connectivity index (χ0v) is 30.6. The third-order valence-electron chi connectivity index (χ3n) is 10.1. The van der Waals surface area contributed by atoms with Crippen LogP contribution in [0.2, 0.25) is 0 Å². The molecule has 0 aliphatic carbocycles. The minimum Gasteiger partial charge on any atom is -0.208 e. The smallest absolute Gasteiger partial charge is 0.164 e. The summed E-state index contributed by atoms with van der Waals surface area (Å²) in [5, 5.41) is 2.59. The summed E-state index contributed by atoms with van der Waals surface area (Å²) < 4.78 is 2.58. The third-order valence-corrected chi connectivity index (χ3v) is 11.3. The second-order valence-electron chi connectivity index (χ2n) is 13.7. The predicted molar refractivity (Wildman–Crippen MR) is 231 cm³/mol. The second kappa shape index (κ2) is 14.1. The van der Waals surface area contributed by atoms with Crippen LogP contribution in [0.1, 0.15) is 0 Å². The molecule has 10 rings (SSSR count). The molecule has 0 spiro atoms. The molecular formula is C51H33N3S. The van der Waals surface area contributed by atoms with E-state index in [0.29, 0.717) is 17.5 Å². The molecule has 55 heavy (non-hydrogen) atoms. The molecule has 8 aromatic carbocycles. The Balaban J connectivity index is 1.13. The fraction of sp³-hybridized carbons (Fsp3) is 0. The lowest BCUT2D eigenvalue weighted by Crippen LogP contribution is -2.01. The number of thiophene rings is 1. The zero-order valence-electron chi connectivity index (χ0n) is 29.8. The van der Waals surface area contributed by atoms with E-state index in [1.807, 2.05) is 29.5 Å². The van der Waals surface area contributed by atoms with E-state index in [9.17, 15) is 0 Å². The average Bonchev–Trinajstić information content (AvgIpc) is 3.65. The summed E-state index contributed by atoms with van der Waals surface area (Å²) >= 11 is 1.84. The Hall–Kier alpha value is -7.01. The van der Waals surface area contributed by atoms with E-state index in [-0.39, 0.29) is 0 Å². The molecule has 0 atom stereocenters. The molecule has 0 radical (unpaired) electrons. The van der Waals surface area contributed by atoms with Crippen molar-refractivity contribution in [3.8, 4) is 78.7 Å². The van der Waals surface area contributed by atoms with Crippen LogP contribution in [0.25, 0.3) is 98.8 Å². The Morgan fingerprint density at radius 1 is 0.236 bits per heavy atom. The minimum atomic E-state index is 0.624. The summed E-state index contributed by atoms with van der Waals surface area (Å²) in [4.78, 5) is 15.6. The van der Waals surface area contributed by atoms with Crippen molar-refractivity contribution < 1.29 is 0 Å². The van der Waals surface area contributed by atoms with Gasteiger partial charge in [0.25, 0.3) is 0 Å². The van der Waals surface area contributed by atoms with Crippen LogP contribution in [-0.2, 0) is 0 Å². The van der Waals surface area contributed by atoms with E-state index in [1.165, 1.54) is 25.7 Å². The van der Waals surface area contributed by atoms with Crippen LogP contribution in [0.5, 0.6) is 0 Å². The number of hydrogen-bond donors (Lipinski definition) is 0. The van der Waals surface area contributed by atoms with Gasteiger partial charge in [-0.2, -0.15) is 0 Å². The topological polar surface area (TPSA) is 38.7 Å². The van der Waals surface area contributed by atoms with Crippen molar-refractivity contribution in [3.05, 3.63) is 200 Å². The highest BCUT2D eigenvalue weighted by atomic mass is 32.1. The first-order chi connectivity index (χ1) is 27.2. The molecule has 2 aromatic heterocycles. The quantitative estimate of drug-likeness (QED) is 0.165. The Labute approximate surface area is 323 Å². The van der Waals surface area contributed by atoms with Gasteiger partial charge in [-0.05, 0) is 80.9 Å². The fourth-order valence-electron chi connectivity index (χ4n) is 7.30. The van der Waals surface area contributed by atoms with E-state index < -0.39 is 0 Å². The molecule has 0 aliphatic heterocycles. The highest BCUT2D eigenvalue weighted by Gasteiger charge is 2.16. The number of nitrogens with zero attached hydrogens (tertiary/aromatic N) is 3. The maximum absolute atomic E-state index is 5.23. The second-order valence-corrected chi connectivity index (χ2v) is 14.8. The fourth-order valence-corrected chi connectivity index (χ4v) is 8.45. The normalized spacial score (nSPS) is 11.3. The lowest BCUT2D eigenvalue weighted by Gasteiger charge is -2.13. The maximum atomic E-state index is 5.23. The van der Waals surface area contributed by atoms with Gasteiger partial charge < -0.3 is 0 Å². The van der Waals surface area contributed by atoms with E-state index in [1.54, 1.807) is 0 Å². The molecule has 0 saturated heterocycles. The molecule has 0 amide bonds. The van der Waals surface area contributed by atoms with Crippen molar-refractivity contribution in [1.82, 2.24) is 15.0 Å². The molecule has 258 valence electrons. The van der Waals surface area contributed by atoms with E-state index in [2.05, 4.69) is 182 Å². The number of fused-ring (bicyclic) bond motifs is 3. The summed E-state index contributed by atoms with van der Waals surface area (Å²) in [5.41, 5.74) is 11.9. The Bertz CT molecular complexity index is 2900. The first-order valence-corrected chi connectivity index (χ1v) is 19.2. The summed E-state index contributed by atoms with van der Waals surface area (Å²) in [6.45, 7) is 0. The summed E-state index contributed by atoms with van der Waals surface area (Å²) in [7, 11) is 0. The first kappa shape index (κ1) is 32.6. The first-order valence-electron chi connectivity index (χ1n) is 18.4. The van der Waals surface area contributed by atoms with Gasteiger partial charge in [0.05, 0.1) is 0 Å². The van der Waals surface area contributed by atoms with Crippen molar-refractivity contribution in [2.75, 3.05) is 0 Å². The molecule has 4 heteroatoms. The standard InChI is InChI=1S/C51H33N3S/c1-4-13-34(14-5-1)37-23-25-38(26-24-37)49-52-50(41-20-12-19-39(29-41)40-27-28-46-45-21-10-11-22-47(45)55-48(46)33-40)54-51(53-49)44-31-42(35-15-6-2-7-16-35)30-43(32-44)36-17-8-3-9-18-36/h1-33H. The van der Waals surface area contributed by atoms with Crippen LogP contribution in [0.15, 0.2) is 200 Å². The Kier molecular flexibility index (Phi) is 8.36. The highest BCUT2D eigenvalue weighted by molar-refractivity contribution is 7.25. The van der Waals surface area contributed by atoms with Gasteiger partial charge >= 0.3 is 0 Å². The van der Waals surface area contributed by atoms with Crippen molar-refractivity contribution in [1.29, 1.82) is 0 Å². The lowest BCUT2D eigenvalue weighted by atomic mass is 9.96. The molecule has 0 bridgehead atoms. The number of aromatic nitrogens is 3. The summed E-state index contributed by atoms with van der Waals surface area (Å²) in [6, 6.07) is 70.5. The van der Waals surface area contributed by atoms with Crippen LogP contribution in [0.4, 0.5) is 0 Å².